The molecule has 0 unspecified atom stereocenters. The first-order valence-corrected chi connectivity index (χ1v) is 7.65. The second-order valence-corrected chi connectivity index (χ2v) is 4.96. The number of rotatable bonds is 8. The van der Waals surface area contributed by atoms with E-state index in [9.17, 15) is 9.59 Å². The van der Waals surface area contributed by atoms with Crippen LogP contribution in [0.2, 0.25) is 0 Å². The summed E-state index contributed by atoms with van der Waals surface area (Å²) in [6.07, 6.45) is 0. The van der Waals surface area contributed by atoms with Gasteiger partial charge >= 0.3 is 11.9 Å². The van der Waals surface area contributed by atoms with Gasteiger partial charge in [-0.1, -0.05) is 43.5 Å². The molecule has 0 saturated heterocycles. The Bertz CT molecular complexity index is 534. The van der Waals surface area contributed by atoms with Gasteiger partial charge in [0.1, 0.15) is 13.2 Å². The van der Waals surface area contributed by atoms with Gasteiger partial charge in [-0.2, -0.15) is 0 Å². The lowest BCUT2D eigenvalue weighted by Gasteiger charge is -2.03. The van der Waals surface area contributed by atoms with Gasteiger partial charge in [0.05, 0.1) is 6.61 Å². The van der Waals surface area contributed by atoms with Crippen molar-refractivity contribution >= 4 is 11.9 Å². The highest BCUT2D eigenvalue weighted by Gasteiger charge is 2.02. The van der Waals surface area contributed by atoms with Crippen LogP contribution in [0.4, 0.5) is 0 Å². The zero-order valence-electron chi connectivity index (χ0n) is 14.7. The van der Waals surface area contributed by atoms with Crippen molar-refractivity contribution in [1.82, 2.24) is 0 Å². The van der Waals surface area contributed by atoms with Crippen LogP contribution in [0.15, 0.2) is 54.6 Å². The van der Waals surface area contributed by atoms with Gasteiger partial charge in [0.2, 0.25) is 0 Å². The lowest BCUT2D eigenvalue weighted by molar-refractivity contribution is -0.141. The van der Waals surface area contributed by atoms with E-state index in [1.165, 1.54) is 0 Å². The maximum absolute atomic E-state index is 11.0. The molecule has 5 heteroatoms. The number of esters is 2. The molecule has 0 aliphatic rings. The second kappa shape index (κ2) is 13.1. The molecule has 0 atom stereocenters. The number of hydrogen-bond donors (Lipinski definition) is 0. The highest BCUT2D eigenvalue weighted by molar-refractivity contribution is 5.87. The first kappa shape index (κ1) is 21.6. The number of benzene rings is 1. The third kappa shape index (κ3) is 11.2. The van der Waals surface area contributed by atoms with Gasteiger partial charge in [0.15, 0.2) is 0 Å². The van der Waals surface area contributed by atoms with Crippen LogP contribution in [0, 0.1) is 0 Å². The molecule has 24 heavy (non-hydrogen) atoms. The minimum atomic E-state index is -0.357. The first-order chi connectivity index (χ1) is 11.4. The van der Waals surface area contributed by atoms with Crippen LogP contribution < -0.4 is 0 Å². The standard InChI is InChI=1S/C11H12O2.C8H14O3/c1-9(2)11(12)13-8-10-6-4-3-5-7-10;1-4-10-5-6-11-8(9)7(2)3/h3-7H,1,8H2,2H3;2,4-6H2,1,3H3. The molecule has 1 rings (SSSR count). The van der Waals surface area contributed by atoms with E-state index in [2.05, 4.69) is 13.2 Å². The minimum Gasteiger partial charge on any atom is -0.460 e. The van der Waals surface area contributed by atoms with E-state index < -0.39 is 0 Å². The van der Waals surface area contributed by atoms with Gasteiger partial charge in [-0.25, -0.2) is 9.59 Å². The smallest absolute Gasteiger partial charge is 0.333 e. The van der Waals surface area contributed by atoms with Crippen LogP contribution in [0.3, 0.4) is 0 Å². The van der Waals surface area contributed by atoms with Crippen LogP contribution in [-0.2, 0) is 30.4 Å². The Hall–Kier alpha value is -2.40. The summed E-state index contributed by atoms with van der Waals surface area (Å²) >= 11 is 0. The molecule has 0 amide bonds. The summed E-state index contributed by atoms with van der Waals surface area (Å²) in [5, 5.41) is 0. The van der Waals surface area contributed by atoms with Gasteiger partial charge in [0, 0.05) is 17.8 Å². The van der Waals surface area contributed by atoms with Crippen LogP contribution >= 0.6 is 0 Å². The Kier molecular flexibility index (Phi) is 11.8. The molecule has 0 N–H and O–H groups in total. The molecule has 0 aliphatic carbocycles. The fraction of sp³-hybridized carbons (Fsp3) is 0.368. The summed E-state index contributed by atoms with van der Waals surface area (Å²) in [5.41, 5.74) is 1.83. The molecule has 0 bridgehead atoms. The molecule has 132 valence electrons. The maximum Gasteiger partial charge on any atom is 0.333 e. The van der Waals surface area contributed by atoms with E-state index >= 15 is 0 Å². The van der Waals surface area contributed by atoms with Gasteiger partial charge in [-0.05, 0) is 26.3 Å². The largest absolute Gasteiger partial charge is 0.460 e. The van der Waals surface area contributed by atoms with Crippen molar-refractivity contribution in [3.8, 4) is 0 Å². The molecular weight excluding hydrogens is 308 g/mol. The van der Waals surface area contributed by atoms with Crippen molar-refractivity contribution in [3.05, 3.63) is 60.2 Å². The number of hydrogen-bond acceptors (Lipinski definition) is 5. The van der Waals surface area contributed by atoms with Crippen molar-refractivity contribution in [3.63, 3.8) is 0 Å². The number of carbonyl (C=O) groups excluding carboxylic acids is 2. The first-order valence-electron chi connectivity index (χ1n) is 7.65. The topological polar surface area (TPSA) is 61.8 Å². The van der Waals surface area contributed by atoms with Crippen molar-refractivity contribution in [1.29, 1.82) is 0 Å². The van der Waals surface area contributed by atoms with E-state index in [-0.39, 0.29) is 11.9 Å². The molecule has 0 saturated carbocycles. The molecular formula is C19H26O5. The van der Waals surface area contributed by atoms with E-state index in [0.29, 0.717) is 37.6 Å². The minimum absolute atomic E-state index is 0.305. The molecule has 1 aromatic rings. The summed E-state index contributed by atoms with van der Waals surface area (Å²) in [7, 11) is 0. The van der Waals surface area contributed by atoms with Crippen molar-refractivity contribution in [2.24, 2.45) is 0 Å². The normalized spacial score (nSPS) is 9.29. The van der Waals surface area contributed by atoms with Gasteiger partial charge in [0.25, 0.3) is 0 Å². The van der Waals surface area contributed by atoms with E-state index in [1.807, 2.05) is 37.3 Å². The quantitative estimate of drug-likeness (QED) is 0.414. The predicted octanol–water partition coefficient (Wildman–Crippen LogP) is 3.45. The van der Waals surface area contributed by atoms with Crippen LogP contribution in [0.25, 0.3) is 0 Å². The lowest BCUT2D eigenvalue weighted by atomic mass is 10.2. The zero-order chi connectivity index (χ0) is 18.4. The highest BCUT2D eigenvalue weighted by atomic mass is 16.6. The van der Waals surface area contributed by atoms with Gasteiger partial charge in [-0.15, -0.1) is 0 Å². The average Bonchev–Trinajstić information content (AvgIpc) is 2.57. The monoisotopic (exact) mass is 334 g/mol. The van der Waals surface area contributed by atoms with E-state index in [1.54, 1.807) is 13.8 Å². The van der Waals surface area contributed by atoms with Gasteiger partial charge < -0.3 is 14.2 Å². The summed E-state index contributed by atoms with van der Waals surface area (Å²) in [6.45, 7) is 13.8. The maximum atomic E-state index is 11.0. The van der Waals surface area contributed by atoms with Crippen molar-refractivity contribution in [2.45, 2.75) is 27.4 Å². The van der Waals surface area contributed by atoms with Gasteiger partial charge in [-0.3, -0.25) is 0 Å². The average molecular weight is 334 g/mol. The third-order valence-electron chi connectivity index (χ3n) is 2.57. The Morgan fingerprint density at radius 3 is 1.96 bits per heavy atom. The molecule has 0 aromatic heterocycles. The predicted molar refractivity (Wildman–Crippen MR) is 93.3 cm³/mol. The fourth-order valence-corrected chi connectivity index (χ4v) is 1.31. The fourth-order valence-electron chi connectivity index (χ4n) is 1.31. The Balaban J connectivity index is 0.000000449. The van der Waals surface area contributed by atoms with Crippen LogP contribution in [-0.4, -0.2) is 31.8 Å². The third-order valence-corrected chi connectivity index (χ3v) is 2.57. The molecule has 5 nitrogen and oxygen atoms in total. The molecule has 0 heterocycles. The molecule has 1 aromatic carbocycles. The molecule has 0 radical (unpaired) electrons. The Morgan fingerprint density at radius 1 is 0.917 bits per heavy atom. The summed E-state index contributed by atoms with van der Waals surface area (Å²) < 4.78 is 14.6. The lowest BCUT2D eigenvalue weighted by Crippen LogP contribution is -2.10. The number of ether oxygens (including phenoxy) is 3. The molecule has 0 fully saturated rings. The van der Waals surface area contributed by atoms with E-state index in [0.717, 1.165) is 5.56 Å². The summed E-state index contributed by atoms with van der Waals surface area (Å²) in [4.78, 5) is 21.7. The Morgan fingerprint density at radius 2 is 1.46 bits per heavy atom. The SMILES string of the molecule is C=C(C)C(=O)OCCOCC.C=C(C)C(=O)OCc1ccccc1. The molecule has 0 spiro atoms. The summed E-state index contributed by atoms with van der Waals surface area (Å²) in [5.74, 6) is -0.700. The van der Waals surface area contributed by atoms with E-state index in [4.69, 9.17) is 14.2 Å². The summed E-state index contributed by atoms with van der Waals surface area (Å²) in [6, 6.07) is 9.55. The van der Waals surface area contributed by atoms with Crippen LogP contribution in [0.5, 0.6) is 0 Å². The van der Waals surface area contributed by atoms with Crippen molar-refractivity contribution < 1.29 is 23.8 Å². The number of carbonyl (C=O) groups is 2. The Labute approximate surface area is 143 Å². The second-order valence-electron chi connectivity index (χ2n) is 4.96. The van der Waals surface area contributed by atoms with Crippen molar-refractivity contribution in [2.75, 3.05) is 19.8 Å². The zero-order valence-corrected chi connectivity index (χ0v) is 14.7. The highest BCUT2D eigenvalue weighted by Crippen LogP contribution is 2.02. The molecule has 0 aliphatic heterocycles. The van der Waals surface area contributed by atoms with Crippen LogP contribution in [0.1, 0.15) is 26.3 Å².